The van der Waals surface area contributed by atoms with E-state index in [9.17, 15) is 4.79 Å². The predicted molar refractivity (Wildman–Crippen MR) is 61.8 cm³/mol. The summed E-state index contributed by atoms with van der Waals surface area (Å²) in [6.45, 7) is 4.56. The second-order valence-corrected chi connectivity index (χ2v) is 4.77. The van der Waals surface area contributed by atoms with Crippen LogP contribution in [0.25, 0.3) is 0 Å². The van der Waals surface area contributed by atoms with Gasteiger partial charge in [-0.25, -0.2) is 0 Å². The summed E-state index contributed by atoms with van der Waals surface area (Å²) >= 11 is 1.71. The lowest BCUT2D eigenvalue weighted by atomic mass is 10.2. The first-order valence-electron chi connectivity index (χ1n) is 5.36. The molecule has 0 aliphatic carbocycles. The molecule has 1 aliphatic heterocycles. The zero-order valence-electron chi connectivity index (χ0n) is 8.90. The minimum absolute atomic E-state index is 0.0509. The Hall–Kier alpha value is -0.870. The molecule has 3 nitrogen and oxygen atoms in total. The third kappa shape index (κ3) is 2.38. The SMILES string of the molecule is CCNC1CCN(Cc2cccs2)C1=O. The number of carbonyl (C=O) groups excluding carboxylic acids is 1. The summed E-state index contributed by atoms with van der Waals surface area (Å²) < 4.78 is 0. The maximum atomic E-state index is 11.9. The number of hydrogen-bond donors (Lipinski definition) is 1. The summed E-state index contributed by atoms with van der Waals surface area (Å²) in [4.78, 5) is 15.1. The number of hydrogen-bond acceptors (Lipinski definition) is 3. The van der Waals surface area contributed by atoms with E-state index >= 15 is 0 Å². The topological polar surface area (TPSA) is 32.3 Å². The summed E-state index contributed by atoms with van der Waals surface area (Å²) in [6.07, 6.45) is 0.943. The molecule has 0 radical (unpaired) electrons. The van der Waals surface area contributed by atoms with Crippen LogP contribution in [0, 0.1) is 0 Å². The van der Waals surface area contributed by atoms with E-state index in [-0.39, 0.29) is 11.9 Å². The molecule has 0 saturated carbocycles. The number of thiophene rings is 1. The molecule has 4 heteroatoms. The zero-order chi connectivity index (χ0) is 10.7. The molecule has 1 fully saturated rings. The minimum Gasteiger partial charge on any atom is -0.336 e. The lowest BCUT2D eigenvalue weighted by Crippen LogP contribution is -2.37. The molecule has 0 aromatic carbocycles. The summed E-state index contributed by atoms with van der Waals surface area (Å²) in [5.74, 6) is 0.255. The van der Waals surface area contributed by atoms with Crippen molar-refractivity contribution in [3.8, 4) is 0 Å². The molecule has 2 rings (SSSR count). The van der Waals surface area contributed by atoms with Gasteiger partial charge in [0.25, 0.3) is 0 Å². The molecule has 1 saturated heterocycles. The smallest absolute Gasteiger partial charge is 0.240 e. The molecule has 1 atom stereocenters. The fourth-order valence-electron chi connectivity index (χ4n) is 1.92. The molecule has 0 bridgehead atoms. The molecule has 1 N–H and O–H groups in total. The van der Waals surface area contributed by atoms with Gasteiger partial charge in [-0.15, -0.1) is 11.3 Å². The Morgan fingerprint density at radius 3 is 3.20 bits per heavy atom. The lowest BCUT2D eigenvalue weighted by molar-refractivity contribution is -0.129. The van der Waals surface area contributed by atoms with Gasteiger partial charge in [0.1, 0.15) is 0 Å². The predicted octanol–water partition coefficient (Wildman–Crippen LogP) is 1.46. The van der Waals surface area contributed by atoms with Crippen LogP contribution in [0.15, 0.2) is 17.5 Å². The Morgan fingerprint density at radius 1 is 1.67 bits per heavy atom. The Morgan fingerprint density at radius 2 is 2.53 bits per heavy atom. The van der Waals surface area contributed by atoms with Gasteiger partial charge < -0.3 is 10.2 Å². The van der Waals surface area contributed by atoms with Crippen LogP contribution in [-0.4, -0.2) is 29.9 Å². The van der Waals surface area contributed by atoms with Crippen LogP contribution in [0.2, 0.25) is 0 Å². The van der Waals surface area contributed by atoms with Crippen molar-refractivity contribution in [2.24, 2.45) is 0 Å². The number of rotatable bonds is 4. The Labute approximate surface area is 94.1 Å². The molecule has 1 aromatic rings. The van der Waals surface area contributed by atoms with Gasteiger partial charge in [-0.05, 0) is 24.4 Å². The van der Waals surface area contributed by atoms with Gasteiger partial charge in [0.05, 0.1) is 12.6 Å². The number of likely N-dealkylation sites (tertiary alicyclic amines) is 1. The molecule has 1 amide bonds. The van der Waals surface area contributed by atoms with Gasteiger partial charge >= 0.3 is 0 Å². The quantitative estimate of drug-likeness (QED) is 0.839. The molecule has 82 valence electrons. The van der Waals surface area contributed by atoms with Crippen molar-refractivity contribution in [3.63, 3.8) is 0 Å². The van der Waals surface area contributed by atoms with Crippen molar-refractivity contribution < 1.29 is 4.79 Å². The molecular weight excluding hydrogens is 208 g/mol. The summed E-state index contributed by atoms with van der Waals surface area (Å²) in [5.41, 5.74) is 0. The van der Waals surface area contributed by atoms with Crippen LogP contribution in [0.5, 0.6) is 0 Å². The third-order valence-electron chi connectivity index (χ3n) is 2.67. The Kier molecular flexibility index (Phi) is 3.38. The third-order valence-corrected chi connectivity index (χ3v) is 3.54. The Bertz CT molecular complexity index is 323. The van der Waals surface area contributed by atoms with E-state index in [0.29, 0.717) is 0 Å². The molecule has 1 aliphatic rings. The normalized spacial score (nSPS) is 21.3. The lowest BCUT2D eigenvalue weighted by Gasteiger charge is -2.15. The van der Waals surface area contributed by atoms with Gasteiger partial charge in [0, 0.05) is 11.4 Å². The van der Waals surface area contributed by atoms with E-state index in [2.05, 4.69) is 16.8 Å². The van der Waals surface area contributed by atoms with E-state index in [1.165, 1.54) is 4.88 Å². The average molecular weight is 224 g/mol. The minimum atomic E-state index is 0.0509. The van der Waals surface area contributed by atoms with Gasteiger partial charge in [0.2, 0.25) is 5.91 Å². The maximum absolute atomic E-state index is 11.9. The highest BCUT2D eigenvalue weighted by molar-refractivity contribution is 7.09. The number of likely N-dealkylation sites (N-methyl/N-ethyl adjacent to an activating group) is 1. The standard InChI is InChI=1S/C11H16N2OS/c1-2-12-10-5-6-13(11(10)14)8-9-4-3-7-15-9/h3-4,7,10,12H,2,5-6,8H2,1H3. The zero-order valence-corrected chi connectivity index (χ0v) is 9.72. The first kappa shape index (κ1) is 10.6. The largest absolute Gasteiger partial charge is 0.336 e. The highest BCUT2D eigenvalue weighted by Crippen LogP contribution is 2.17. The van der Waals surface area contributed by atoms with Crippen molar-refractivity contribution >= 4 is 17.2 Å². The van der Waals surface area contributed by atoms with Crippen molar-refractivity contribution in [3.05, 3.63) is 22.4 Å². The molecule has 1 aromatic heterocycles. The van der Waals surface area contributed by atoms with Gasteiger partial charge in [-0.2, -0.15) is 0 Å². The van der Waals surface area contributed by atoms with Crippen LogP contribution in [0.4, 0.5) is 0 Å². The number of nitrogens with zero attached hydrogens (tertiary/aromatic N) is 1. The summed E-state index contributed by atoms with van der Waals surface area (Å²) in [5, 5.41) is 5.27. The van der Waals surface area contributed by atoms with Crippen LogP contribution >= 0.6 is 11.3 Å². The molecule has 2 heterocycles. The van der Waals surface area contributed by atoms with E-state index in [0.717, 1.165) is 26.1 Å². The van der Waals surface area contributed by atoms with E-state index in [4.69, 9.17) is 0 Å². The maximum Gasteiger partial charge on any atom is 0.240 e. The number of amides is 1. The number of carbonyl (C=O) groups is 1. The van der Waals surface area contributed by atoms with Crippen molar-refractivity contribution in [2.45, 2.75) is 25.9 Å². The first-order chi connectivity index (χ1) is 7.31. The van der Waals surface area contributed by atoms with Crippen molar-refractivity contribution in [2.75, 3.05) is 13.1 Å². The van der Waals surface area contributed by atoms with E-state index in [1.807, 2.05) is 17.9 Å². The molecule has 1 unspecified atom stereocenters. The molecule has 15 heavy (non-hydrogen) atoms. The summed E-state index contributed by atoms with van der Waals surface area (Å²) in [7, 11) is 0. The van der Waals surface area contributed by atoms with Crippen LogP contribution in [0.1, 0.15) is 18.2 Å². The van der Waals surface area contributed by atoms with E-state index in [1.54, 1.807) is 11.3 Å². The fraction of sp³-hybridized carbons (Fsp3) is 0.545. The van der Waals surface area contributed by atoms with Gasteiger partial charge in [0.15, 0.2) is 0 Å². The molecular formula is C11H16N2OS. The fourth-order valence-corrected chi connectivity index (χ4v) is 2.64. The van der Waals surface area contributed by atoms with Gasteiger partial charge in [-0.3, -0.25) is 4.79 Å². The molecule has 0 spiro atoms. The van der Waals surface area contributed by atoms with E-state index < -0.39 is 0 Å². The van der Waals surface area contributed by atoms with Gasteiger partial charge in [-0.1, -0.05) is 13.0 Å². The van der Waals surface area contributed by atoms with Crippen molar-refractivity contribution in [1.82, 2.24) is 10.2 Å². The van der Waals surface area contributed by atoms with Crippen molar-refractivity contribution in [1.29, 1.82) is 0 Å². The monoisotopic (exact) mass is 224 g/mol. The highest BCUT2D eigenvalue weighted by Gasteiger charge is 2.30. The average Bonchev–Trinajstić information content (AvgIpc) is 2.83. The second-order valence-electron chi connectivity index (χ2n) is 3.74. The van der Waals surface area contributed by atoms with Crippen LogP contribution in [0.3, 0.4) is 0 Å². The number of nitrogens with one attached hydrogen (secondary N) is 1. The first-order valence-corrected chi connectivity index (χ1v) is 6.23. The van der Waals surface area contributed by atoms with Crippen LogP contribution in [-0.2, 0) is 11.3 Å². The Balaban J connectivity index is 1.93. The summed E-state index contributed by atoms with van der Waals surface area (Å²) in [6, 6.07) is 4.16. The highest BCUT2D eigenvalue weighted by atomic mass is 32.1. The second kappa shape index (κ2) is 4.77. The van der Waals surface area contributed by atoms with Crippen LogP contribution < -0.4 is 5.32 Å².